The molecule has 7 heteroatoms. The van der Waals surface area contributed by atoms with Gasteiger partial charge in [-0.15, -0.1) is 5.10 Å². The summed E-state index contributed by atoms with van der Waals surface area (Å²) >= 11 is 1.04. The fraction of sp³-hybridized carbons (Fsp3) is 0.133. The van der Waals surface area contributed by atoms with Gasteiger partial charge in [-0.25, -0.2) is 0 Å². The average molecular weight is 317 g/mol. The summed E-state index contributed by atoms with van der Waals surface area (Å²) in [5.41, 5.74) is 0.851. The van der Waals surface area contributed by atoms with E-state index in [2.05, 4.69) is 21.8 Å². The number of hydrogen-bond acceptors (Lipinski definition) is 5. The second-order valence-corrected chi connectivity index (χ2v) is 5.11. The lowest BCUT2D eigenvalue weighted by molar-refractivity contribution is -0.133. The smallest absolute Gasteiger partial charge is 0.313 e. The molecule has 2 aromatic heterocycles. The zero-order chi connectivity index (χ0) is 15.9. The molecule has 0 spiro atoms. The molecule has 0 aromatic carbocycles. The Morgan fingerprint density at radius 1 is 1.55 bits per heavy atom. The standard InChI is InChI=1S/C15H15N3O3S/c1-3-5-6-10(4-2)11-7-8-12(21-11)14-16-15(18-17-14)22-9-13(19)20/h3-8H,2,9H2,1H3,(H,19,20)(H,16,17,18)/b5-3-,10-6+. The Morgan fingerprint density at radius 3 is 3.05 bits per heavy atom. The van der Waals surface area contributed by atoms with E-state index in [0.717, 1.165) is 17.3 Å². The Balaban J connectivity index is 2.17. The van der Waals surface area contributed by atoms with Crippen LogP contribution >= 0.6 is 11.8 Å². The van der Waals surface area contributed by atoms with Gasteiger partial charge in [-0.1, -0.05) is 42.6 Å². The van der Waals surface area contributed by atoms with Crippen molar-refractivity contribution >= 4 is 23.3 Å². The summed E-state index contributed by atoms with van der Waals surface area (Å²) in [5.74, 6) is 0.639. The Kier molecular flexibility index (Phi) is 5.37. The monoisotopic (exact) mass is 317 g/mol. The van der Waals surface area contributed by atoms with Crippen molar-refractivity contribution in [1.29, 1.82) is 0 Å². The number of carbonyl (C=O) groups is 1. The summed E-state index contributed by atoms with van der Waals surface area (Å²) in [5, 5.41) is 15.7. The van der Waals surface area contributed by atoms with Gasteiger partial charge in [0.25, 0.3) is 0 Å². The molecule has 2 rings (SSSR count). The fourth-order valence-corrected chi connectivity index (χ4v) is 2.14. The molecule has 0 aliphatic rings. The normalized spacial score (nSPS) is 12.0. The highest BCUT2D eigenvalue weighted by Gasteiger charge is 2.12. The van der Waals surface area contributed by atoms with E-state index in [-0.39, 0.29) is 5.75 Å². The molecule has 114 valence electrons. The summed E-state index contributed by atoms with van der Waals surface area (Å²) < 4.78 is 5.73. The van der Waals surface area contributed by atoms with Crippen molar-refractivity contribution < 1.29 is 14.3 Å². The predicted octanol–water partition coefficient (Wildman–Crippen LogP) is 3.39. The first kappa shape index (κ1) is 15.8. The Bertz CT molecular complexity index is 728. The van der Waals surface area contributed by atoms with E-state index >= 15 is 0 Å². The molecule has 2 N–H and O–H groups in total. The summed E-state index contributed by atoms with van der Waals surface area (Å²) in [4.78, 5) is 14.7. The van der Waals surface area contributed by atoms with E-state index in [9.17, 15) is 4.79 Å². The summed E-state index contributed by atoms with van der Waals surface area (Å²) in [6, 6.07) is 3.59. The van der Waals surface area contributed by atoms with Crippen molar-refractivity contribution in [1.82, 2.24) is 15.2 Å². The van der Waals surface area contributed by atoms with E-state index in [4.69, 9.17) is 9.52 Å². The Morgan fingerprint density at radius 2 is 2.36 bits per heavy atom. The van der Waals surface area contributed by atoms with Crippen molar-refractivity contribution in [2.75, 3.05) is 5.75 Å². The van der Waals surface area contributed by atoms with Crippen LogP contribution in [0.1, 0.15) is 12.7 Å². The van der Waals surface area contributed by atoms with Crippen molar-refractivity contribution in [2.45, 2.75) is 12.1 Å². The molecular weight excluding hydrogens is 302 g/mol. The van der Waals surface area contributed by atoms with Crippen LogP contribution in [0, 0.1) is 0 Å². The number of aromatic amines is 1. The first-order chi connectivity index (χ1) is 10.6. The number of carboxylic acid groups (broad SMARTS) is 1. The predicted molar refractivity (Wildman–Crippen MR) is 85.4 cm³/mol. The fourth-order valence-electron chi connectivity index (χ4n) is 1.62. The molecule has 0 saturated carbocycles. The molecule has 0 aliphatic heterocycles. The number of thioether (sulfide) groups is 1. The second-order valence-electron chi connectivity index (χ2n) is 4.16. The van der Waals surface area contributed by atoms with Crippen LogP contribution in [0.4, 0.5) is 0 Å². The van der Waals surface area contributed by atoms with E-state index in [1.807, 2.05) is 31.2 Å². The molecule has 0 unspecified atom stereocenters. The molecule has 2 aromatic rings. The highest BCUT2D eigenvalue weighted by Crippen LogP contribution is 2.25. The maximum Gasteiger partial charge on any atom is 0.313 e. The average Bonchev–Trinajstić information content (AvgIpc) is 3.15. The van der Waals surface area contributed by atoms with E-state index in [0.29, 0.717) is 22.5 Å². The number of aromatic nitrogens is 3. The number of H-pyrrole nitrogens is 1. The number of nitrogens with one attached hydrogen (secondary N) is 1. The minimum absolute atomic E-state index is 0.0899. The third kappa shape index (κ3) is 3.98. The van der Waals surface area contributed by atoms with Crippen LogP contribution in [0.3, 0.4) is 0 Å². The molecule has 0 atom stereocenters. The zero-order valence-electron chi connectivity index (χ0n) is 11.9. The lowest BCUT2D eigenvalue weighted by atomic mass is 10.2. The molecule has 0 radical (unpaired) electrons. The molecule has 0 amide bonds. The minimum atomic E-state index is -0.915. The van der Waals surface area contributed by atoms with Gasteiger partial charge in [0.15, 0.2) is 11.6 Å². The summed E-state index contributed by atoms with van der Waals surface area (Å²) in [6.07, 6.45) is 7.41. The van der Waals surface area contributed by atoms with Crippen molar-refractivity contribution in [3.05, 3.63) is 48.8 Å². The van der Waals surface area contributed by atoms with Crippen LogP contribution in [0.25, 0.3) is 17.2 Å². The van der Waals surface area contributed by atoms with Crippen LogP contribution < -0.4 is 0 Å². The highest BCUT2D eigenvalue weighted by atomic mass is 32.2. The Hall–Kier alpha value is -2.54. The molecule has 0 saturated heterocycles. The molecule has 6 nitrogen and oxygen atoms in total. The lowest BCUT2D eigenvalue weighted by Gasteiger charge is -1.95. The molecule has 22 heavy (non-hydrogen) atoms. The number of rotatable bonds is 7. The van der Waals surface area contributed by atoms with Crippen molar-refractivity contribution in [3.8, 4) is 11.6 Å². The van der Waals surface area contributed by atoms with Crippen LogP contribution in [-0.4, -0.2) is 32.0 Å². The van der Waals surface area contributed by atoms with Gasteiger partial charge in [0.2, 0.25) is 5.16 Å². The largest absolute Gasteiger partial charge is 0.481 e. The third-order valence-corrected chi connectivity index (χ3v) is 3.43. The van der Waals surface area contributed by atoms with Gasteiger partial charge in [-0.3, -0.25) is 9.89 Å². The number of hydrogen-bond donors (Lipinski definition) is 2. The van der Waals surface area contributed by atoms with Crippen LogP contribution in [0.2, 0.25) is 0 Å². The van der Waals surface area contributed by atoms with Gasteiger partial charge in [0, 0.05) is 5.57 Å². The SMILES string of the molecule is C=C/C(=C\C=C/C)c1ccc(-c2nc(SCC(=O)O)n[nH]2)o1. The van der Waals surface area contributed by atoms with Crippen LogP contribution in [-0.2, 0) is 4.79 Å². The number of furan rings is 1. The number of allylic oxidation sites excluding steroid dienone is 5. The molecular formula is C15H15N3O3S. The van der Waals surface area contributed by atoms with E-state index in [1.165, 1.54) is 0 Å². The Labute approximate surface area is 131 Å². The van der Waals surface area contributed by atoms with Gasteiger partial charge in [0.1, 0.15) is 5.76 Å². The summed E-state index contributed by atoms with van der Waals surface area (Å²) in [7, 11) is 0. The van der Waals surface area contributed by atoms with Gasteiger partial charge >= 0.3 is 5.97 Å². The maximum absolute atomic E-state index is 10.5. The third-order valence-electron chi connectivity index (χ3n) is 2.60. The molecule has 2 heterocycles. The lowest BCUT2D eigenvalue weighted by Crippen LogP contribution is -1.97. The number of carboxylic acids is 1. The van der Waals surface area contributed by atoms with Crippen LogP contribution in [0.15, 0.2) is 52.6 Å². The second kappa shape index (κ2) is 7.46. The van der Waals surface area contributed by atoms with E-state index < -0.39 is 5.97 Å². The highest BCUT2D eigenvalue weighted by molar-refractivity contribution is 7.99. The van der Waals surface area contributed by atoms with E-state index in [1.54, 1.807) is 12.1 Å². The van der Waals surface area contributed by atoms with Crippen LogP contribution in [0.5, 0.6) is 0 Å². The number of aliphatic carboxylic acids is 1. The first-order valence-corrected chi connectivity index (χ1v) is 7.45. The van der Waals surface area contributed by atoms with Gasteiger partial charge < -0.3 is 9.52 Å². The maximum atomic E-state index is 10.5. The molecule has 0 aliphatic carbocycles. The molecule has 0 fully saturated rings. The topological polar surface area (TPSA) is 92.0 Å². The van der Waals surface area contributed by atoms with Gasteiger partial charge in [-0.05, 0) is 19.1 Å². The van der Waals surface area contributed by atoms with Crippen molar-refractivity contribution in [2.24, 2.45) is 0 Å². The minimum Gasteiger partial charge on any atom is -0.481 e. The number of nitrogens with zero attached hydrogens (tertiary/aromatic N) is 2. The van der Waals surface area contributed by atoms with Gasteiger partial charge in [0.05, 0.1) is 5.75 Å². The summed E-state index contributed by atoms with van der Waals surface area (Å²) in [6.45, 7) is 5.69. The molecule has 0 bridgehead atoms. The first-order valence-electron chi connectivity index (χ1n) is 6.47. The van der Waals surface area contributed by atoms with Gasteiger partial charge in [-0.2, -0.15) is 4.98 Å². The van der Waals surface area contributed by atoms with Crippen molar-refractivity contribution in [3.63, 3.8) is 0 Å². The zero-order valence-corrected chi connectivity index (χ0v) is 12.8. The quantitative estimate of drug-likeness (QED) is 0.601.